The highest BCUT2D eigenvalue weighted by Gasteiger charge is 2.80. The maximum Gasteiger partial charge on any atom is 0.344 e. The van der Waals surface area contributed by atoms with Crippen molar-refractivity contribution in [3.8, 4) is 5.75 Å². The first-order valence-electron chi connectivity index (χ1n) is 11.5. The molecular weight excluding hydrogens is 424 g/mol. The number of benzene rings is 1. The SMILES string of the molecule is CC[C@]12C=CCN3CC[C@@]4(c5ccc(OC)cc5N(C)[C@@H]4[C@](O)(C(=O)OC)[C@@H]1OC(C)=O)[C@H]32. The molecular formula is C25H32N2O6. The van der Waals surface area contributed by atoms with Gasteiger partial charge in [0.1, 0.15) is 5.75 Å². The summed E-state index contributed by atoms with van der Waals surface area (Å²) in [6.07, 6.45) is 4.40. The van der Waals surface area contributed by atoms with Gasteiger partial charge in [0.25, 0.3) is 0 Å². The van der Waals surface area contributed by atoms with Crippen molar-refractivity contribution < 1.29 is 28.9 Å². The molecule has 5 rings (SSSR count). The molecule has 1 saturated carbocycles. The number of carbonyl (C=O) groups excluding carboxylic acids is 2. The minimum atomic E-state index is -2.08. The van der Waals surface area contributed by atoms with Crippen LogP contribution in [0.25, 0.3) is 0 Å². The molecule has 8 heteroatoms. The van der Waals surface area contributed by atoms with Crippen LogP contribution in [-0.4, -0.2) is 80.1 Å². The molecule has 8 nitrogen and oxygen atoms in total. The lowest BCUT2D eigenvalue weighted by Gasteiger charge is -2.63. The summed E-state index contributed by atoms with van der Waals surface area (Å²) in [5, 5.41) is 12.5. The Morgan fingerprint density at radius 3 is 2.64 bits per heavy atom. The van der Waals surface area contributed by atoms with Gasteiger partial charge >= 0.3 is 11.9 Å². The van der Waals surface area contributed by atoms with Crippen molar-refractivity contribution in [3.05, 3.63) is 35.9 Å². The van der Waals surface area contributed by atoms with Crippen LogP contribution in [0.3, 0.4) is 0 Å². The van der Waals surface area contributed by atoms with E-state index < -0.39 is 40.5 Å². The van der Waals surface area contributed by atoms with E-state index in [1.54, 1.807) is 7.11 Å². The van der Waals surface area contributed by atoms with Crippen LogP contribution in [0.15, 0.2) is 30.4 Å². The van der Waals surface area contributed by atoms with Crippen molar-refractivity contribution in [1.29, 1.82) is 0 Å². The van der Waals surface area contributed by atoms with Gasteiger partial charge in [0.15, 0.2) is 6.10 Å². The van der Waals surface area contributed by atoms with Gasteiger partial charge in [-0.05, 0) is 31.0 Å². The maximum absolute atomic E-state index is 13.5. The Bertz CT molecular complexity index is 1040. The van der Waals surface area contributed by atoms with Gasteiger partial charge in [-0.25, -0.2) is 4.79 Å². The fraction of sp³-hybridized carbons (Fsp3) is 0.600. The number of ether oxygens (including phenoxy) is 3. The Hall–Kier alpha value is -2.58. The van der Waals surface area contributed by atoms with Crippen LogP contribution in [0, 0.1) is 5.41 Å². The summed E-state index contributed by atoms with van der Waals surface area (Å²) in [6, 6.07) is 5.22. The third kappa shape index (κ3) is 2.48. The van der Waals surface area contributed by atoms with Gasteiger partial charge in [-0.2, -0.15) is 0 Å². The highest BCUT2D eigenvalue weighted by atomic mass is 16.6. The number of likely N-dealkylation sites (N-methyl/N-ethyl adjacent to an activating group) is 1. The molecule has 178 valence electrons. The normalized spacial score (nSPS) is 38.4. The molecule has 3 heterocycles. The minimum Gasteiger partial charge on any atom is -0.497 e. The summed E-state index contributed by atoms with van der Waals surface area (Å²) in [5.41, 5.74) is -1.41. The Balaban J connectivity index is 1.86. The van der Waals surface area contributed by atoms with Crippen molar-refractivity contribution in [2.45, 2.75) is 55.9 Å². The largest absolute Gasteiger partial charge is 0.497 e. The van der Waals surface area contributed by atoms with E-state index in [1.807, 2.05) is 31.0 Å². The first kappa shape index (κ1) is 22.2. The second kappa shape index (κ2) is 7.21. The molecule has 1 saturated heterocycles. The van der Waals surface area contributed by atoms with Gasteiger partial charge in [-0.1, -0.05) is 25.1 Å². The van der Waals surface area contributed by atoms with E-state index in [0.717, 1.165) is 30.8 Å². The van der Waals surface area contributed by atoms with E-state index in [-0.39, 0.29) is 6.04 Å². The second-order valence-corrected chi connectivity index (χ2v) is 9.76. The summed E-state index contributed by atoms with van der Waals surface area (Å²) in [6.45, 7) is 4.94. The van der Waals surface area contributed by atoms with Crippen molar-refractivity contribution in [2.75, 3.05) is 39.3 Å². The third-order valence-corrected chi connectivity index (χ3v) is 8.62. The molecule has 0 bridgehead atoms. The van der Waals surface area contributed by atoms with Crippen LogP contribution in [0.2, 0.25) is 0 Å². The lowest BCUT2D eigenvalue weighted by Crippen LogP contribution is -2.81. The fourth-order valence-electron chi connectivity index (χ4n) is 7.68. The Labute approximate surface area is 194 Å². The van der Waals surface area contributed by atoms with E-state index in [2.05, 4.69) is 23.1 Å². The van der Waals surface area contributed by atoms with Crippen molar-refractivity contribution in [1.82, 2.24) is 4.90 Å². The molecule has 0 amide bonds. The molecule has 33 heavy (non-hydrogen) atoms. The Morgan fingerprint density at radius 2 is 2.00 bits per heavy atom. The monoisotopic (exact) mass is 456 g/mol. The number of carbonyl (C=O) groups is 2. The standard InChI is InChI=1S/C25H32N2O6/c1-6-23-10-7-12-27-13-11-24(19(23)27)17-9-8-16(31-4)14-18(17)26(3)20(24)25(30,22(29)32-5)21(23)33-15(2)28/h7-10,14,19-21,30H,6,11-13H2,1-5H3/t19-,20+,21-,23-,24-,25-/m1/s1. The first-order chi connectivity index (χ1) is 15.7. The summed E-state index contributed by atoms with van der Waals surface area (Å²) in [5.74, 6) is -0.617. The Morgan fingerprint density at radius 1 is 1.24 bits per heavy atom. The van der Waals surface area contributed by atoms with Gasteiger partial charge in [0.2, 0.25) is 5.60 Å². The summed E-state index contributed by atoms with van der Waals surface area (Å²) >= 11 is 0. The van der Waals surface area contributed by atoms with E-state index in [1.165, 1.54) is 14.0 Å². The number of anilines is 1. The van der Waals surface area contributed by atoms with Gasteiger partial charge in [-0.15, -0.1) is 0 Å². The number of fused-ring (bicyclic) bond motifs is 1. The zero-order valence-electron chi connectivity index (χ0n) is 19.8. The van der Waals surface area contributed by atoms with Crippen LogP contribution in [0.1, 0.15) is 32.3 Å². The molecule has 1 N–H and O–H groups in total. The molecule has 1 aromatic carbocycles. The molecule has 2 fully saturated rings. The molecule has 0 aromatic heterocycles. The summed E-state index contributed by atoms with van der Waals surface area (Å²) in [7, 11) is 4.77. The van der Waals surface area contributed by atoms with Crippen LogP contribution in [-0.2, 0) is 24.5 Å². The van der Waals surface area contributed by atoms with Crippen LogP contribution < -0.4 is 9.64 Å². The maximum atomic E-state index is 13.5. The molecule has 3 aliphatic heterocycles. The summed E-state index contributed by atoms with van der Waals surface area (Å²) < 4.78 is 16.6. The molecule has 4 aliphatic rings. The topological polar surface area (TPSA) is 88.5 Å². The molecule has 0 unspecified atom stereocenters. The second-order valence-electron chi connectivity index (χ2n) is 9.76. The van der Waals surface area contributed by atoms with Crippen molar-refractivity contribution in [3.63, 3.8) is 0 Å². The van der Waals surface area contributed by atoms with E-state index in [4.69, 9.17) is 14.2 Å². The number of methoxy groups -OCH3 is 2. The molecule has 1 aromatic rings. The predicted octanol–water partition coefficient (Wildman–Crippen LogP) is 1.64. The number of aliphatic hydroxyl groups is 1. The van der Waals surface area contributed by atoms with Gasteiger partial charge in [0.05, 0.1) is 20.3 Å². The van der Waals surface area contributed by atoms with Gasteiger partial charge in [0, 0.05) is 49.1 Å². The summed E-state index contributed by atoms with van der Waals surface area (Å²) in [4.78, 5) is 30.2. The molecule has 0 radical (unpaired) electrons. The number of nitrogens with zero attached hydrogens (tertiary/aromatic N) is 2. The molecule has 1 aliphatic carbocycles. The van der Waals surface area contributed by atoms with E-state index >= 15 is 0 Å². The van der Waals surface area contributed by atoms with Crippen LogP contribution in [0.5, 0.6) is 5.75 Å². The van der Waals surface area contributed by atoms with Crippen molar-refractivity contribution in [2.24, 2.45) is 5.41 Å². The minimum absolute atomic E-state index is 0.0589. The Kier molecular flexibility index (Phi) is 4.85. The van der Waals surface area contributed by atoms with Gasteiger partial charge < -0.3 is 24.2 Å². The first-order valence-corrected chi connectivity index (χ1v) is 11.5. The smallest absolute Gasteiger partial charge is 0.344 e. The molecule has 6 atom stereocenters. The number of rotatable bonds is 4. The number of hydrogen-bond donors (Lipinski definition) is 1. The fourth-order valence-corrected chi connectivity index (χ4v) is 7.68. The zero-order chi connectivity index (χ0) is 23.8. The van der Waals surface area contributed by atoms with Crippen LogP contribution in [0.4, 0.5) is 5.69 Å². The average molecular weight is 457 g/mol. The lowest BCUT2D eigenvalue weighted by atomic mass is 9.47. The van der Waals surface area contributed by atoms with Crippen molar-refractivity contribution >= 4 is 17.6 Å². The number of hydrogen-bond acceptors (Lipinski definition) is 8. The van der Waals surface area contributed by atoms with Crippen LogP contribution >= 0.6 is 0 Å². The average Bonchev–Trinajstić information content (AvgIpc) is 3.32. The van der Waals surface area contributed by atoms with E-state index in [0.29, 0.717) is 12.2 Å². The zero-order valence-corrected chi connectivity index (χ0v) is 19.8. The van der Waals surface area contributed by atoms with Gasteiger partial charge in [-0.3, -0.25) is 9.69 Å². The van der Waals surface area contributed by atoms with E-state index in [9.17, 15) is 14.7 Å². The number of esters is 2. The quantitative estimate of drug-likeness (QED) is 0.541. The predicted molar refractivity (Wildman–Crippen MR) is 121 cm³/mol. The third-order valence-electron chi connectivity index (χ3n) is 8.62. The lowest BCUT2D eigenvalue weighted by molar-refractivity contribution is -0.228. The highest BCUT2D eigenvalue weighted by molar-refractivity contribution is 5.87. The highest BCUT2D eigenvalue weighted by Crippen LogP contribution is 2.67. The molecule has 1 spiro atoms.